The largest absolute Gasteiger partial charge is 0.490 e. The molecule has 0 fully saturated rings. The van der Waals surface area contributed by atoms with Gasteiger partial charge in [0.05, 0.1) is 40.2 Å². The van der Waals surface area contributed by atoms with Gasteiger partial charge in [0.15, 0.2) is 11.5 Å². The lowest BCUT2D eigenvalue weighted by Gasteiger charge is -2.12. The highest BCUT2D eigenvalue weighted by Gasteiger charge is 2.16. The van der Waals surface area contributed by atoms with Gasteiger partial charge >= 0.3 is 5.97 Å². The van der Waals surface area contributed by atoms with E-state index in [4.69, 9.17) is 32.7 Å². The van der Waals surface area contributed by atoms with E-state index in [1.165, 1.54) is 18.3 Å². The Labute approximate surface area is 240 Å². The third-order valence-corrected chi connectivity index (χ3v) is 6.00. The van der Waals surface area contributed by atoms with Gasteiger partial charge < -0.3 is 14.8 Å². The number of hydrazone groups is 1. The van der Waals surface area contributed by atoms with Crippen molar-refractivity contribution in [3.8, 4) is 11.5 Å². The zero-order valence-electron chi connectivity index (χ0n) is 21.2. The smallest absolute Gasteiger partial charge is 0.343 e. The van der Waals surface area contributed by atoms with Crippen molar-refractivity contribution in [2.24, 2.45) is 5.10 Å². The maximum atomic E-state index is 12.9. The molecule has 8 nitrogen and oxygen atoms in total. The average molecular weight is 576 g/mol. The lowest BCUT2D eigenvalue weighted by Crippen LogP contribution is -2.21. The third-order valence-electron chi connectivity index (χ3n) is 5.46. The number of nitrogens with zero attached hydrogens (tertiary/aromatic N) is 1. The van der Waals surface area contributed by atoms with E-state index in [2.05, 4.69) is 15.8 Å². The van der Waals surface area contributed by atoms with Crippen molar-refractivity contribution in [3.05, 3.63) is 123 Å². The minimum absolute atomic E-state index is 0.184. The van der Waals surface area contributed by atoms with Crippen LogP contribution in [0.2, 0.25) is 10.0 Å². The van der Waals surface area contributed by atoms with Crippen molar-refractivity contribution in [2.45, 2.75) is 6.92 Å². The Kier molecular flexibility index (Phi) is 9.51. The van der Waals surface area contributed by atoms with Crippen LogP contribution < -0.4 is 20.2 Å². The van der Waals surface area contributed by atoms with E-state index < -0.39 is 17.8 Å². The van der Waals surface area contributed by atoms with Gasteiger partial charge in [-0.05, 0) is 73.2 Å². The monoisotopic (exact) mass is 575 g/mol. The highest BCUT2D eigenvalue weighted by Crippen LogP contribution is 2.29. The van der Waals surface area contributed by atoms with Crippen molar-refractivity contribution in [1.29, 1.82) is 0 Å². The Morgan fingerprint density at radius 3 is 2.33 bits per heavy atom. The minimum atomic E-state index is -0.548. The van der Waals surface area contributed by atoms with Crippen LogP contribution in [-0.4, -0.2) is 30.6 Å². The molecular weight excluding hydrogens is 553 g/mol. The van der Waals surface area contributed by atoms with E-state index in [0.717, 1.165) is 0 Å². The van der Waals surface area contributed by atoms with Gasteiger partial charge in [0.1, 0.15) is 0 Å². The molecule has 0 bridgehead atoms. The maximum absolute atomic E-state index is 12.9. The summed E-state index contributed by atoms with van der Waals surface area (Å²) in [4.78, 5) is 38.1. The highest BCUT2D eigenvalue weighted by molar-refractivity contribution is 6.37. The molecule has 0 saturated heterocycles. The Bertz CT molecular complexity index is 1580. The molecule has 0 heterocycles. The molecule has 4 aromatic rings. The van der Waals surface area contributed by atoms with Crippen molar-refractivity contribution in [1.82, 2.24) is 5.43 Å². The number of anilines is 1. The van der Waals surface area contributed by atoms with Crippen LogP contribution in [0.4, 0.5) is 5.69 Å². The quantitative estimate of drug-likeness (QED) is 0.101. The summed E-state index contributed by atoms with van der Waals surface area (Å²) in [5, 5.41) is 7.30. The first-order valence-corrected chi connectivity index (χ1v) is 12.8. The summed E-state index contributed by atoms with van der Waals surface area (Å²) in [7, 11) is 0. The zero-order valence-corrected chi connectivity index (χ0v) is 22.7. The van der Waals surface area contributed by atoms with Crippen molar-refractivity contribution in [2.75, 3.05) is 11.9 Å². The number of halogens is 2. The normalized spacial score (nSPS) is 10.7. The molecule has 0 aliphatic heterocycles. The summed E-state index contributed by atoms with van der Waals surface area (Å²) in [6.07, 6.45) is 1.41. The summed E-state index contributed by atoms with van der Waals surface area (Å²) >= 11 is 12.0. The predicted octanol–water partition coefficient (Wildman–Crippen LogP) is 6.63. The highest BCUT2D eigenvalue weighted by atomic mass is 35.5. The Balaban J connectivity index is 1.44. The SMILES string of the molecule is CCOc1cc(/C=N\NC(=O)c2ccccc2NC(=O)c2ccc(Cl)cc2Cl)ccc1OC(=O)c1ccccc1. The number of hydrogen-bond acceptors (Lipinski definition) is 6. The van der Waals surface area contributed by atoms with Crippen molar-refractivity contribution < 1.29 is 23.9 Å². The summed E-state index contributed by atoms with van der Waals surface area (Å²) in [5.74, 6) is -0.965. The number of carbonyl (C=O) groups is 3. The van der Waals surface area contributed by atoms with Gasteiger partial charge in [0.2, 0.25) is 0 Å². The molecule has 2 amide bonds. The van der Waals surface area contributed by atoms with Gasteiger partial charge in [0, 0.05) is 5.02 Å². The minimum Gasteiger partial charge on any atom is -0.490 e. The van der Waals surface area contributed by atoms with E-state index in [-0.39, 0.29) is 27.6 Å². The molecule has 0 unspecified atom stereocenters. The summed E-state index contributed by atoms with van der Waals surface area (Å²) in [5.41, 5.74) is 4.12. The molecule has 4 aromatic carbocycles. The van der Waals surface area contributed by atoms with Crippen LogP contribution in [-0.2, 0) is 0 Å². The van der Waals surface area contributed by atoms with E-state index in [9.17, 15) is 14.4 Å². The molecule has 202 valence electrons. The number of ether oxygens (including phenoxy) is 2. The summed E-state index contributed by atoms with van der Waals surface area (Å²) in [6.45, 7) is 2.15. The Hall–Kier alpha value is -4.66. The molecule has 0 aliphatic carbocycles. The number of esters is 1. The topological polar surface area (TPSA) is 106 Å². The molecule has 0 spiro atoms. The van der Waals surface area contributed by atoms with Crippen LogP contribution >= 0.6 is 23.2 Å². The number of amides is 2. The van der Waals surface area contributed by atoms with Crippen molar-refractivity contribution in [3.63, 3.8) is 0 Å². The van der Waals surface area contributed by atoms with Gasteiger partial charge in [-0.1, -0.05) is 53.5 Å². The molecule has 40 heavy (non-hydrogen) atoms. The number of hydrogen-bond donors (Lipinski definition) is 2. The fourth-order valence-corrected chi connectivity index (χ4v) is 4.06. The van der Waals surface area contributed by atoms with E-state index in [1.807, 2.05) is 0 Å². The maximum Gasteiger partial charge on any atom is 0.343 e. The number of rotatable bonds is 9. The van der Waals surface area contributed by atoms with Gasteiger partial charge in [0.25, 0.3) is 11.8 Å². The Morgan fingerprint density at radius 1 is 0.825 bits per heavy atom. The lowest BCUT2D eigenvalue weighted by molar-refractivity contribution is 0.0728. The molecule has 0 atom stereocenters. The first-order valence-electron chi connectivity index (χ1n) is 12.1. The Morgan fingerprint density at radius 2 is 1.57 bits per heavy atom. The lowest BCUT2D eigenvalue weighted by atomic mass is 10.1. The molecule has 10 heteroatoms. The second kappa shape index (κ2) is 13.4. The first kappa shape index (κ1) is 28.4. The number of nitrogens with one attached hydrogen (secondary N) is 2. The fourth-order valence-electron chi connectivity index (χ4n) is 3.57. The summed E-state index contributed by atoms with van der Waals surface area (Å²) < 4.78 is 11.1. The van der Waals surface area contributed by atoms with Crippen LogP contribution in [0.15, 0.2) is 96.1 Å². The second-order valence-electron chi connectivity index (χ2n) is 8.22. The average Bonchev–Trinajstić information content (AvgIpc) is 2.95. The van der Waals surface area contributed by atoms with Crippen LogP contribution in [0.1, 0.15) is 43.6 Å². The standard InChI is InChI=1S/C30H23Cl2N3O5/c1-2-39-27-16-19(12-15-26(27)40-30(38)20-8-4-3-5-9-20)18-33-35-29(37)23-10-6-7-11-25(23)34-28(36)22-14-13-21(31)17-24(22)32/h3-18H,2H2,1H3,(H,34,36)(H,35,37)/b33-18-. The van der Waals surface area contributed by atoms with E-state index in [0.29, 0.717) is 28.5 Å². The van der Waals surface area contributed by atoms with Crippen LogP contribution in [0.3, 0.4) is 0 Å². The number of para-hydroxylation sites is 1. The van der Waals surface area contributed by atoms with E-state index >= 15 is 0 Å². The van der Waals surface area contributed by atoms with Crippen LogP contribution in [0.25, 0.3) is 0 Å². The molecule has 0 aromatic heterocycles. The van der Waals surface area contributed by atoms with E-state index in [1.54, 1.807) is 85.8 Å². The van der Waals surface area contributed by atoms with Crippen molar-refractivity contribution >= 4 is 52.9 Å². The molecule has 0 saturated carbocycles. The van der Waals surface area contributed by atoms with Gasteiger partial charge in [-0.15, -0.1) is 0 Å². The first-order chi connectivity index (χ1) is 19.4. The molecular formula is C30H23Cl2N3O5. The van der Waals surface area contributed by atoms with Crippen LogP contribution in [0, 0.1) is 0 Å². The summed E-state index contributed by atoms with van der Waals surface area (Å²) in [6, 6.07) is 24.5. The molecule has 0 aliphatic rings. The molecule has 4 rings (SSSR count). The second-order valence-corrected chi connectivity index (χ2v) is 9.06. The number of carbonyl (C=O) groups excluding carboxylic acids is 3. The fraction of sp³-hybridized carbons (Fsp3) is 0.0667. The van der Waals surface area contributed by atoms with Gasteiger partial charge in [-0.25, -0.2) is 10.2 Å². The van der Waals surface area contributed by atoms with Gasteiger partial charge in [-0.3, -0.25) is 9.59 Å². The third kappa shape index (κ3) is 7.25. The zero-order chi connectivity index (χ0) is 28.5. The number of benzene rings is 4. The van der Waals surface area contributed by atoms with Gasteiger partial charge in [-0.2, -0.15) is 5.10 Å². The predicted molar refractivity (Wildman–Crippen MR) is 155 cm³/mol. The molecule has 0 radical (unpaired) electrons. The molecule has 2 N–H and O–H groups in total. The van der Waals surface area contributed by atoms with Crippen LogP contribution in [0.5, 0.6) is 11.5 Å².